The Labute approximate surface area is 120 Å². The second kappa shape index (κ2) is 5.91. The molecule has 0 bridgehead atoms. The van der Waals surface area contributed by atoms with Crippen LogP contribution in [0, 0.1) is 0 Å². The van der Waals surface area contributed by atoms with Crippen molar-refractivity contribution in [3.63, 3.8) is 0 Å². The topological polar surface area (TPSA) is 32.6 Å². The molecule has 0 aliphatic carbocycles. The summed E-state index contributed by atoms with van der Waals surface area (Å²) in [4.78, 5) is 4.41. The van der Waals surface area contributed by atoms with Crippen molar-refractivity contribution in [2.24, 2.45) is 4.99 Å². The Hall–Kier alpha value is -2.09. The molecule has 2 rings (SSSR count). The first-order chi connectivity index (χ1) is 9.45. The van der Waals surface area contributed by atoms with Gasteiger partial charge in [0, 0.05) is 6.21 Å². The van der Waals surface area contributed by atoms with Crippen molar-refractivity contribution in [2.75, 3.05) is 0 Å². The molecule has 2 nitrogen and oxygen atoms in total. The highest BCUT2D eigenvalue weighted by molar-refractivity contribution is 5.80. The highest BCUT2D eigenvalue weighted by Crippen LogP contribution is 2.22. The Kier molecular flexibility index (Phi) is 4.23. The van der Waals surface area contributed by atoms with E-state index < -0.39 is 0 Å². The lowest BCUT2D eigenvalue weighted by Gasteiger charge is -2.18. The van der Waals surface area contributed by atoms with E-state index in [1.807, 2.05) is 12.1 Å². The van der Waals surface area contributed by atoms with Gasteiger partial charge in [0.25, 0.3) is 0 Å². The van der Waals surface area contributed by atoms with Crippen LogP contribution in [0.2, 0.25) is 0 Å². The van der Waals surface area contributed by atoms with Crippen LogP contribution in [-0.2, 0) is 12.0 Å². The van der Waals surface area contributed by atoms with E-state index in [2.05, 4.69) is 50.0 Å². The van der Waals surface area contributed by atoms with Crippen molar-refractivity contribution in [3.8, 4) is 5.75 Å². The largest absolute Gasteiger partial charge is 0.508 e. The molecule has 2 aromatic rings. The van der Waals surface area contributed by atoms with Gasteiger partial charge in [-0.2, -0.15) is 0 Å². The number of benzene rings is 2. The van der Waals surface area contributed by atoms with E-state index in [0.29, 0.717) is 6.54 Å². The number of hydrogen-bond acceptors (Lipinski definition) is 2. The van der Waals surface area contributed by atoms with E-state index >= 15 is 0 Å². The Morgan fingerprint density at radius 2 is 1.75 bits per heavy atom. The van der Waals surface area contributed by atoms with Gasteiger partial charge in [0.15, 0.2) is 0 Å². The SMILES string of the molecule is CC(C)(C)c1ccc(C/N=C/c2cccc(O)c2)cc1. The molecule has 0 atom stereocenters. The van der Waals surface area contributed by atoms with Crippen LogP contribution in [-0.4, -0.2) is 11.3 Å². The standard InChI is InChI=1S/C18H21NO/c1-18(2,3)16-9-7-14(8-10-16)12-19-13-15-5-4-6-17(20)11-15/h4-11,13,20H,12H2,1-3H3/b19-13+. The van der Waals surface area contributed by atoms with E-state index in [1.165, 1.54) is 11.1 Å². The summed E-state index contributed by atoms with van der Waals surface area (Å²) in [5, 5.41) is 9.37. The smallest absolute Gasteiger partial charge is 0.116 e. The molecule has 0 aliphatic heterocycles. The van der Waals surface area contributed by atoms with Crippen LogP contribution in [0.15, 0.2) is 53.5 Å². The van der Waals surface area contributed by atoms with Crippen LogP contribution < -0.4 is 0 Å². The van der Waals surface area contributed by atoms with Crippen LogP contribution in [0.1, 0.15) is 37.5 Å². The quantitative estimate of drug-likeness (QED) is 0.826. The van der Waals surface area contributed by atoms with Crippen LogP contribution in [0.25, 0.3) is 0 Å². The van der Waals surface area contributed by atoms with Crippen molar-refractivity contribution in [1.82, 2.24) is 0 Å². The van der Waals surface area contributed by atoms with Gasteiger partial charge in [0.05, 0.1) is 6.54 Å². The summed E-state index contributed by atoms with van der Waals surface area (Å²) in [6.45, 7) is 7.28. The Balaban J connectivity index is 2.01. The van der Waals surface area contributed by atoms with Crippen molar-refractivity contribution < 1.29 is 5.11 Å². The van der Waals surface area contributed by atoms with Gasteiger partial charge >= 0.3 is 0 Å². The fraction of sp³-hybridized carbons (Fsp3) is 0.278. The molecule has 0 amide bonds. The summed E-state index contributed by atoms with van der Waals surface area (Å²) >= 11 is 0. The van der Waals surface area contributed by atoms with Crippen LogP contribution in [0.5, 0.6) is 5.75 Å². The Morgan fingerprint density at radius 1 is 1.05 bits per heavy atom. The lowest BCUT2D eigenvalue weighted by atomic mass is 9.87. The van der Waals surface area contributed by atoms with Gasteiger partial charge in [0.1, 0.15) is 5.75 Å². The fourth-order valence-corrected chi connectivity index (χ4v) is 1.97. The van der Waals surface area contributed by atoms with Gasteiger partial charge in [-0.15, -0.1) is 0 Å². The maximum absolute atomic E-state index is 9.37. The molecule has 0 radical (unpaired) electrons. The highest BCUT2D eigenvalue weighted by Gasteiger charge is 2.12. The summed E-state index contributed by atoms with van der Waals surface area (Å²) in [6, 6.07) is 15.7. The summed E-state index contributed by atoms with van der Waals surface area (Å²) in [6.07, 6.45) is 1.79. The molecule has 2 heteroatoms. The molecular formula is C18H21NO. The fourth-order valence-electron chi connectivity index (χ4n) is 1.97. The average molecular weight is 267 g/mol. The summed E-state index contributed by atoms with van der Waals surface area (Å²) < 4.78 is 0. The Bertz CT molecular complexity index is 592. The molecule has 2 aromatic carbocycles. The van der Waals surface area contributed by atoms with E-state index in [0.717, 1.165) is 5.56 Å². The first-order valence-corrected chi connectivity index (χ1v) is 6.83. The molecule has 0 heterocycles. The van der Waals surface area contributed by atoms with Crippen LogP contribution >= 0.6 is 0 Å². The molecule has 0 saturated carbocycles. The normalized spacial score (nSPS) is 11.9. The molecule has 0 spiro atoms. The second-order valence-corrected chi connectivity index (χ2v) is 6.01. The molecule has 0 aromatic heterocycles. The second-order valence-electron chi connectivity index (χ2n) is 6.01. The van der Waals surface area contributed by atoms with Crippen molar-refractivity contribution >= 4 is 6.21 Å². The number of nitrogens with zero attached hydrogens (tertiary/aromatic N) is 1. The molecule has 0 saturated heterocycles. The first-order valence-electron chi connectivity index (χ1n) is 6.83. The number of aromatic hydroxyl groups is 1. The molecule has 104 valence electrons. The number of aliphatic imine (C=N–C) groups is 1. The minimum absolute atomic E-state index is 0.184. The third-order valence-electron chi connectivity index (χ3n) is 3.20. The van der Waals surface area contributed by atoms with E-state index in [9.17, 15) is 5.11 Å². The van der Waals surface area contributed by atoms with Crippen LogP contribution in [0.4, 0.5) is 0 Å². The molecule has 0 aliphatic rings. The van der Waals surface area contributed by atoms with Gasteiger partial charge in [-0.05, 0) is 34.2 Å². The number of phenols is 1. The lowest BCUT2D eigenvalue weighted by Crippen LogP contribution is -2.10. The average Bonchev–Trinajstić information content (AvgIpc) is 2.38. The third kappa shape index (κ3) is 3.95. The van der Waals surface area contributed by atoms with Crippen molar-refractivity contribution in [2.45, 2.75) is 32.7 Å². The molecule has 0 unspecified atom stereocenters. The summed E-state index contributed by atoms with van der Waals surface area (Å²) in [5.74, 6) is 0.267. The maximum atomic E-state index is 9.37. The zero-order chi connectivity index (χ0) is 14.6. The minimum atomic E-state index is 0.184. The lowest BCUT2D eigenvalue weighted by molar-refractivity contribution is 0.475. The Morgan fingerprint density at radius 3 is 2.35 bits per heavy atom. The van der Waals surface area contributed by atoms with Gasteiger partial charge in [-0.3, -0.25) is 4.99 Å². The minimum Gasteiger partial charge on any atom is -0.508 e. The van der Waals surface area contributed by atoms with Crippen molar-refractivity contribution in [3.05, 3.63) is 65.2 Å². The van der Waals surface area contributed by atoms with Gasteiger partial charge in [0.2, 0.25) is 0 Å². The highest BCUT2D eigenvalue weighted by atomic mass is 16.3. The van der Waals surface area contributed by atoms with Gasteiger partial charge in [-0.25, -0.2) is 0 Å². The molecule has 0 fully saturated rings. The molecule has 1 N–H and O–H groups in total. The first kappa shape index (κ1) is 14.3. The maximum Gasteiger partial charge on any atom is 0.116 e. The van der Waals surface area contributed by atoms with E-state index in [4.69, 9.17) is 0 Å². The van der Waals surface area contributed by atoms with Gasteiger partial charge < -0.3 is 5.11 Å². The third-order valence-corrected chi connectivity index (χ3v) is 3.20. The molecular weight excluding hydrogens is 246 g/mol. The predicted molar refractivity (Wildman–Crippen MR) is 84.5 cm³/mol. The van der Waals surface area contributed by atoms with Crippen molar-refractivity contribution in [1.29, 1.82) is 0 Å². The zero-order valence-corrected chi connectivity index (χ0v) is 12.3. The summed E-state index contributed by atoms with van der Waals surface area (Å²) in [5.41, 5.74) is 3.62. The predicted octanol–water partition coefficient (Wildman–Crippen LogP) is 4.31. The number of hydrogen-bond donors (Lipinski definition) is 1. The van der Waals surface area contributed by atoms with E-state index in [1.54, 1.807) is 18.3 Å². The zero-order valence-electron chi connectivity index (χ0n) is 12.3. The van der Waals surface area contributed by atoms with E-state index in [-0.39, 0.29) is 11.2 Å². The number of phenolic OH excluding ortho intramolecular Hbond substituents is 1. The molecule has 20 heavy (non-hydrogen) atoms. The summed E-state index contributed by atoms with van der Waals surface area (Å²) in [7, 11) is 0. The van der Waals surface area contributed by atoms with Gasteiger partial charge in [-0.1, -0.05) is 57.2 Å². The van der Waals surface area contributed by atoms with Crippen LogP contribution in [0.3, 0.4) is 0 Å². The number of rotatable bonds is 3. The monoisotopic (exact) mass is 267 g/mol.